The quantitative estimate of drug-likeness (QED) is 0.743. The number of hydrogen-bond acceptors (Lipinski definition) is 4. The minimum Gasteiger partial charge on any atom is -0.327 e. The molecule has 5 nitrogen and oxygen atoms in total. The number of aryl methyl sites for hydroxylation is 1. The van der Waals surface area contributed by atoms with Crippen molar-refractivity contribution < 1.29 is 9.18 Å². The zero-order chi connectivity index (χ0) is 16.0. The van der Waals surface area contributed by atoms with Crippen molar-refractivity contribution in [1.82, 2.24) is 19.7 Å². The van der Waals surface area contributed by atoms with Crippen LogP contribution in [0.4, 0.5) is 4.39 Å². The normalized spacial score (nSPS) is 13.7. The number of fused-ring (bicyclic) bond motifs is 1. The summed E-state index contributed by atoms with van der Waals surface area (Å²) in [6, 6.07) is 5.07. The summed E-state index contributed by atoms with van der Waals surface area (Å²) in [4.78, 5) is 18.7. The lowest BCUT2D eigenvalue weighted by molar-refractivity contribution is 0.0768. The number of aromatic nitrogens is 3. The molecule has 0 saturated carbocycles. The van der Waals surface area contributed by atoms with Gasteiger partial charge < -0.3 is 4.90 Å². The zero-order valence-corrected chi connectivity index (χ0v) is 13.2. The third-order valence-corrected chi connectivity index (χ3v) is 4.77. The average molecular weight is 328 g/mol. The fourth-order valence-corrected chi connectivity index (χ4v) is 3.48. The Kier molecular flexibility index (Phi) is 3.23. The van der Waals surface area contributed by atoms with Crippen molar-refractivity contribution in [2.24, 2.45) is 7.05 Å². The summed E-state index contributed by atoms with van der Waals surface area (Å²) in [7, 11) is 1.82. The largest absolute Gasteiger partial charge is 0.327 e. The number of carbonyl (C=O) groups is 1. The van der Waals surface area contributed by atoms with Gasteiger partial charge in [-0.15, -0.1) is 11.3 Å². The van der Waals surface area contributed by atoms with Crippen LogP contribution in [0, 0.1) is 5.82 Å². The van der Waals surface area contributed by atoms with Crippen molar-refractivity contribution >= 4 is 17.2 Å². The van der Waals surface area contributed by atoms with Crippen molar-refractivity contribution in [3.63, 3.8) is 0 Å². The molecule has 0 radical (unpaired) electrons. The molecule has 3 heterocycles. The number of carbonyl (C=O) groups excluding carboxylic acids is 1. The van der Waals surface area contributed by atoms with Crippen molar-refractivity contribution in [1.29, 1.82) is 0 Å². The van der Waals surface area contributed by atoms with Crippen molar-refractivity contribution in [2.75, 3.05) is 0 Å². The SMILES string of the molecule is Cn1cc(-c2ccc(CN3Cc4ncsc4C3=O)c(F)c2)cn1. The lowest BCUT2D eigenvalue weighted by Gasteiger charge is -2.16. The summed E-state index contributed by atoms with van der Waals surface area (Å²) < 4.78 is 16.1. The van der Waals surface area contributed by atoms with E-state index in [2.05, 4.69) is 10.1 Å². The van der Waals surface area contributed by atoms with Gasteiger partial charge in [-0.2, -0.15) is 5.10 Å². The molecule has 3 aromatic rings. The first kappa shape index (κ1) is 14.1. The lowest BCUT2D eigenvalue weighted by atomic mass is 10.1. The molecule has 0 bridgehead atoms. The van der Waals surface area contributed by atoms with E-state index in [0.29, 0.717) is 17.0 Å². The van der Waals surface area contributed by atoms with Gasteiger partial charge in [0, 0.05) is 30.9 Å². The Morgan fingerprint density at radius 1 is 1.35 bits per heavy atom. The molecule has 0 unspecified atom stereocenters. The van der Waals surface area contributed by atoms with Crippen molar-refractivity contribution in [3.8, 4) is 11.1 Å². The number of nitrogens with zero attached hydrogens (tertiary/aromatic N) is 4. The van der Waals surface area contributed by atoms with Gasteiger partial charge in [0.25, 0.3) is 5.91 Å². The monoisotopic (exact) mass is 328 g/mol. The maximum absolute atomic E-state index is 14.4. The maximum atomic E-state index is 14.4. The molecule has 0 atom stereocenters. The minimum absolute atomic E-state index is 0.0711. The fourth-order valence-electron chi connectivity index (χ4n) is 2.71. The summed E-state index contributed by atoms with van der Waals surface area (Å²) >= 11 is 1.34. The second-order valence-electron chi connectivity index (χ2n) is 5.50. The number of amides is 1. The van der Waals surface area contributed by atoms with Crippen LogP contribution < -0.4 is 0 Å². The first-order valence-corrected chi connectivity index (χ1v) is 7.99. The van der Waals surface area contributed by atoms with Crippen LogP contribution in [0.3, 0.4) is 0 Å². The summed E-state index contributed by atoms with van der Waals surface area (Å²) in [6.07, 6.45) is 3.53. The number of thiazole rings is 1. The minimum atomic E-state index is -0.317. The molecule has 23 heavy (non-hydrogen) atoms. The molecular weight excluding hydrogens is 315 g/mol. The van der Waals surface area contributed by atoms with Crippen LogP contribution in [0.2, 0.25) is 0 Å². The molecule has 4 rings (SSSR count). The highest BCUT2D eigenvalue weighted by molar-refractivity contribution is 7.12. The van der Waals surface area contributed by atoms with Gasteiger partial charge in [0.1, 0.15) is 10.7 Å². The second kappa shape index (κ2) is 5.27. The maximum Gasteiger partial charge on any atom is 0.266 e. The van der Waals surface area contributed by atoms with E-state index in [1.165, 1.54) is 17.4 Å². The first-order chi connectivity index (χ1) is 11.1. The Bertz CT molecular complexity index is 901. The van der Waals surface area contributed by atoms with Crippen molar-refractivity contribution in [3.05, 3.63) is 58.1 Å². The molecule has 0 spiro atoms. The van der Waals surface area contributed by atoms with E-state index in [1.807, 2.05) is 19.3 Å². The van der Waals surface area contributed by atoms with Gasteiger partial charge in [-0.1, -0.05) is 12.1 Å². The van der Waals surface area contributed by atoms with Crippen LogP contribution in [0.15, 0.2) is 36.1 Å². The lowest BCUT2D eigenvalue weighted by Crippen LogP contribution is -2.23. The smallest absolute Gasteiger partial charge is 0.266 e. The topological polar surface area (TPSA) is 51.0 Å². The van der Waals surface area contributed by atoms with Gasteiger partial charge in [-0.05, 0) is 11.6 Å². The highest BCUT2D eigenvalue weighted by Crippen LogP contribution is 2.28. The van der Waals surface area contributed by atoms with E-state index in [4.69, 9.17) is 0 Å². The van der Waals surface area contributed by atoms with Gasteiger partial charge in [0.05, 0.1) is 23.9 Å². The van der Waals surface area contributed by atoms with Crippen LogP contribution in [-0.2, 0) is 20.1 Å². The number of hydrogen-bond donors (Lipinski definition) is 0. The van der Waals surface area contributed by atoms with E-state index in [0.717, 1.165) is 16.8 Å². The molecule has 0 fully saturated rings. The summed E-state index contributed by atoms with van der Waals surface area (Å²) in [6.45, 7) is 0.697. The van der Waals surface area contributed by atoms with Gasteiger partial charge in [0.15, 0.2) is 0 Å². The van der Waals surface area contributed by atoms with E-state index < -0.39 is 0 Å². The third-order valence-electron chi connectivity index (χ3n) is 3.92. The number of halogens is 1. The fraction of sp³-hybridized carbons (Fsp3) is 0.188. The molecule has 0 aliphatic carbocycles. The van der Waals surface area contributed by atoms with E-state index in [1.54, 1.807) is 27.4 Å². The molecule has 1 aromatic carbocycles. The molecule has 1 amide bonds. The van der Waals surface area contributed by atoms with Gasteiger partial charge in [-0.25, -0.2) is 9.37 Å². The van der Waals surface area contributed by atoms with Crippen LogP contribution in [-0.4, -0.2) is 25.6 Å². The molecule has 0 saturated heterocycles. The molecule has 7 heteroatoms. The Morgan fingerprint density at radius 2 is 2.22 bits per heavy atom. The van der Waals surface area contributed by atoms with Gasteiger partial charge in [0.2, 0.25) is 0 Å². The molecule has 116 valence electrons. The molecule has 1 aliphatic heterocycles. The highest BCUT2D eigenvalue weighted by atomic mass is 32.1. The Labute approximate surface area is 136 Å². The average Bonchev–Trinajstić information content (AvgIpc) is 3.21. The summed E-state index contributed by atoms with van der Waals surface area (Å²) in [5.41, 5.74) is 4.59. The molecule has 1 aliphatic rings. The summed E-state index contributed by atoms with van der Waals surface area (Å²) in [5, 5.41) is 4.09. The predicted octanol–water partition coefficient (Wildman–Crippen LogP) is 2.84. The van der Waals surface area contributed by atoms with Crippen molar-refractivity contribution in [2.45, 2.75) is 13.1 Å². The summed E-state index contributed by atoms with van der Waals surface area (Å²) in [5.74, 6) is -0.388. The van der Waals surface area contributed by atoms with Crippen LogP contribution in [0.5, 0.6) is 0 Å². The molecule has 2 aromatic heterocycles. The molecular formula is C16H13FN4OS. The predicted molar refractivity (Wildman–Crippen MR) is 84.3 cm³/mol. The van der Waals surface area contributed by atoms with E-state index in [-0.39, 0.29) is 18.3 Å². The van der Waals surface area contributed by atoms with Gasteiger partial charge in [-0.3, -0.25) is 9.48 Å². The Balaban J connectivity index is 1.56. The van der Waals surface area contributed by atoms with Crippen LogP contribution >= 0.6 is 11.3 Å². The Morgan fingerprint density at radius 3 is 2.91 bits per heavy atom. The standard InChI is InChI=1S/C16H13FN4OS/c1-20-6-12(5-19-20)10-2-3-11(13(17)4-10)7-21-8-14-15(16(21)22)23-9-18-14/h2-6,9H,7-8H2,1H3. The zero-order valence-electron chi connectivity index (χ0n) is 12.4. The second-order valence-corrected chi connectivity index (χ2v) is 6.35. The number of rotatable bonds is 3. The number of benzene rings is 1. The first-order valence-electron chi connectivity index (χ1n) is 7.11. The van der Waals surface area contributed by atoms with E-state index >= 15 is 0 Å². The van der Waals surface area contributed by atoms with Crippen LogP contribution in [0.25, 0.3) is 11.1 Å². The van der Waals surface area contributed by atoms with E-state index in [9.17, 15) is 9.18 Å². The van der Waals surface area contributed by atoms with Crippen LogP contribution in [0.1, 0.15) is 20.9 Å². The van der Waals surface area contributed by atoms with Gasteiger partial charge >= 0.3 is 0 Å². The third kappa shape index (κ3) is 2.43. The molecule has 0 N–H and O–H groups in total. The Hall–Kier alpha value is -2.54. The highest BCUT2D eigenvalue weighted by Gasteiger charge is 2.30.